The van der Waals surface area contributed by atoms with Crippen LogP contribution < -0.4 is 9.64 Å². The molecule has 1 saturated heterocycles. The molecule has 1 fully saturated rings. The lowest BCUT2D eigenvalue weighted by Gasteiger charge is -2.41. The van der Waals surface area contributed by atoms with E-state index in [1.54, 1.807) is 6.07 Å². The fourth-order valence-corrected chi connectivity index (χ4v) is 6.51. The molecule has 1 N–H and O–H groups in total. The number of aliphatic carboxylic acids is 1. The zero-order chi connectivity index (χ0) is 33.5. The van der Waals surface area contributed by atoms with Crippen LogP contribution in [0.2, 0.25) is 0 Å². The summed E-state index contributed by atoms with van der Waals surface area (Å²) in [5, 5.41) is 10.5. The second-order valence-corrected chi connectivity index (χ2v) is 13.9. The second kappa shape index (κ2) is 12.8. The number of hydrogen-bond acceptors (Lipinski definition) is 6. The summed E-state index contributed by atoms with van der Waals surface area (Å²) in [5.41, 5.74) is 4.09. The van der Waals surface area contributed by atoms with Gasteiger partial charge < -0.3 is 24.2 Å². The van der Waals surface area contributed by atoms with Gasteiger partial charge in [-0.1, -0.05) is 42.5 Å². The number of carboxylic acid groups (broad SMARTS) is 1. The van der Waals surface area contributed by atoms with Crippen molar-refractivity contribution in [2.45, 2.75) is 84.2 Å². The minimum Gasteiger partial charge on any atom is -0.487 e. The molecule has 4 aromatic rings. The molecule has 248 valence electrons. The van der Waals surface area contributed by atoms with E-state index in [0.717, 1.165) is 35.3 Å². The number of aromatic nitrogens is 2. The number of piperidine rings is 1. The van der Waals surface area contributed by atoms with Crippen molar-refractivity contribution >= 4 is 17.4 Å². The quantitative estimate of drug-likeness (QED) is 0.226. The third kappa shape index (κ3) is 6.92. The molecule has 2 aromatic heterocycles. The molecule has 0 saturated carbocycles. The summed E-state index contributed by atoms with van der Waals surface area (Å²) in [6, 6.07) is 14.7. The van der Waals surface area contributed by atoms with Crippen molar-refractivity contribution in [2.24, 2.45) is 0 Å². The molecule has 5 heterocycles. The molecule has 2 aromatic carbocycles. The van der Waals surface area contributed by atoms with E-state index in [9.17, 15) is 9.90 Å². The number of carbonyl (C=O) groups is 1. The predicted molar refractivity (Wildman–Crippen MR) is 182 cm³/mol. The molecule has 0 aliphatic carbocycles. The van der Waals surface area contributed by atoms with Gasteiger partial charge in [0.15, 0.2) is 17.7 Å². The molecule has 9 heteroatoms. The molecular formula is C38H44FN3O5. The molecule has 6 bridgehead atoms. The van der Waals surface area contributed by atoms with Gasteiger partial charge in [-0.05, 0) is 83.7 Å². The summed E-state index contributed by atoms with van der Waals surface area (Å²) in [6.07, 6.45) is 6.66. The third-order valence-corrected chi connectivity index (χ3v) is 8.97. The average molecular weight is 642 g/mol. The van der Waals surface area contributed by atoms with Crippen LogP contribution in [0, 0.1) is 12.7 Å². The smallest absolute Gasteiger partial charge is 0.337 e. The third-order valence-electron chi connectivity index (χ3n) is 8.97. The number of ether oxygens (including phenoxy) is 3. The van der Waals surface area contributed by atoms with Crippen LogP contribution in [0.15, 0.2) is 66.9 Å². The maximum Gasteiger partial charge on any atom is 0.337 e. The van der Waals surface area contributed by atoms with E-state index in [2.05, 4.69) is 11.8 Å². The lowest BCUT2D eigenvalue weighted by Crippen LogP contribution is -2.45. The fraction of sp³-hybridized carbons (Fsp3) is 0.421. The number of rotatable bonds is 3. The zero-order valence-electron chi connectivity index (χ0n) is 28.0. The summed E-state index contributed by atoms with van der Waals surface area (Å²) >= 11 is 0. The highest BCUT2D eigenvalue weighted by Gasteiger charge is 2.37. The lowest BCUT2D eigenvalue weighted by atomic mass is 9.92. The van der Waals surface area contributed by atoms with E-state index in [-0.39, 0.29) is 17.5 Å². The van der Waals surface area contributed by atoms with E-state index < -0.39 is 23.5 Å². The Bertz CT molecular complexity index is 1820. The van der Waals surface area contributed by atoms with E-state index in [1.165, 1.54) is 6.07 Å². The van der Waals surface area contributed by atoms with Crippen LogP contribution in [0.5, 0.6) is 5.75 Å². The largest absolute Gasteiger partial charge is 0.487 e. The van der Waals surface area contributed by atoms with Crippen LogP contribution in [0.1, 0.15) is 71.1 Å². The Kier molecular flexibility index (Phi) is 8.89. The van der Waals surface area contributed by atoms with Gasteiger partial charge in [0.25, 0.3) is 0 Å². The SMILES string of the molecule is Cc1cc2nc3cn2c(c1[C@H](OC(C)(C)C)C(=O)O)N1CCC(C)(CC1)OC/C=C/C[C@H](C)Oc1c(F)cccc1-c1cccc-3c1. The summed E-state index contributed by atoms with van der Waals surface area (Å²) in [6.45, 7) is 13.4. The first kappa shape index (κ1) is 32.7. The first-order chi connectivity index (χ1) is 22.3. The first-order valence-electron chi connectivity index (χ1n) is 16.3. The van der Waals surface area contributed by atoms with Crippen molar-refractivity contribution in [3.05, 3.63) is 83.8 Å². The van der Waals surface area contributed by atoms with Crippen LogP contribution in [0.25, 0.3) is 28.0 Å². The van der Waals surface area contributed by atoms with E-state index in [4.69, 9.17) is 19.2 Å². The van der Waals surface area contributed by atoms with Gasteiger partial charge >= 0.3 is 5.97 Å². The van der Waals surface area contributed by atoms with Crippen molar-refractivity contribution < 1.29 is 28.5 Å². The minimum atomic E-state index is -1.18. The number of nitrogens with zero attached hydrogens (tertiary/aromatic N) is 3. The summed E-state index contributed by atoms with van der Waals surface area (Å²) in [4.78, 5) is 20.1. The Morgan fingerprint density at radius 3 is 2.55 bits per heavy atom. The van der Waals surface area contributed by atoms with Crippen molar-refractivity contribution in [3.63, 3.8) is 0 Å². The molecule has 0 spiro atoms. The topological polar surface area (TPSA) is 85.5 Å². The molecule has 47 heavy (non-hydrogen) atoms. The Morgan fingerprint density at radius 2 is 1.83 bits per heavy atom. The van der Waals surface area contributed by atoms with Gasteiger partial charge in [-0.3, -0.25) is 4.40 Å². The number of anilines is 1. The number of halogens is 1. The van der Waals surface area contributed by atoms with Crippen LogP contribution in [0.3, 0.4) is 0 Å². The number of benzene rings is 2. The molecule has 3 aliphatic heterocycles. The number of imidazole rings is 1. The molecule has 3 aliphatic rings. The molecular weight excluding hydrogens is 597 g/mol. The van der Waals surface area contributed by atoms with Gasteiger partial charge in [0.2, 0.25) is 0 Å². The predicted octanol–water partition coefficient (Wildman–Crippen LogP) is 8.16. The van der Waals surface area contributed by atoms with E-state index >= 15 is 4.39 Å². The number of para-hydroxylation sites is 1. The molecule has 0 amide bonds. The fourth-order valence-electron chi connectivity index (χ4n) is 6.51. The molecule has 0 unspecified atom stereocenters. The van der Waals surface area contributed by atoms with Crippen LogP contribution in [-0.2, 0) is 14.3 Å². The Balaban J connectivity index is 1.55. The number of aryl methyl sites for hydroxylation is 1. The summed E-state index contributed by atoms with van der Waals surface area (Å²) < 4.78 is 36.0. The first-order valence-corrected chi connectivity index (χ1v) is 16.3. The lowest BCUT2D eigenvalue weighted by molar-refractivity contribution is -0.160. The Morgan fingerprint density at radius 1 is 1.11 bits per heavy atom. The second-order valence-electron chi connectivity index (χ2n) is 13.9. The number of carboxylic acids is 1. The van der Waals surface area contributed by atoms with Crippen molar-refractivity contribution in [1.29, 1.82) is 0 Å². The number of hydrogen-bond donors (Lipinski definition) is 1. The summed E-state index contributed by atoms with van der Waals surface area (Å²) in [7, 11) is 0. The monoisotopic (exact) mass is 641 g/mol. The van der Waals surface area contributed by atoms with Gasteiger partial charge in [0.1, 0.15) is 11.5 Å². The minimum absolute atomic E-state index is 0.213. The van der Waals surface area contributed by atoms with E-state index in [0.29, 0.717) is 48.6 Å². The highest BCUT2D eigenvalue weighted by Crippen LogP contribution is 2.40. The standard InChI is InChI=1S/C38H44FN3O5/c1-24-21-31-40-30-23-42(31)35(32(24)34(36(43)44)47-37(3,4)5)41-18-16-38(6,17-19-41)45-20-8-7-11-25(2)46-33-28(14-10-15-29(33)39)26-12-9-13-27(30)22-26/h7-10,12-15,21-23,25,34H,11,16-20H2,1-6H3,(H,43,44)/b8-7+/t25-,34-/m0/s1. The molecule has 0 radical (unpaired) electrons. The molecule has 2 atom stereocenters. The maximum absolute atomic E-state index is 15.2. The summed E-state index contributed by atoms with van der Waals surface area (Å²) in [5.74, 6) is -0.488. The Hall–Kier alpha value is -4.21. The maximum atomic E-state index is 15.2. The van der Waals surface area contributed by atoms with Gasteiger partial charge in [0.05, 0.1) is 29.6 Å². The van der Waals surface area contributed by atoms with E-state index in [1.807, 2.05) is 93.8 Å². The van der Waals surface area contributed by atoms with Crippen molar-refractivity contribution in [1.82, 2.24) is 9.38 Å². The van der Waals surface area contributed by atoms with Gasteiger partial charge in [0, 0.05) is 42.4 Å². The van der Waals surface area contributed by atoms with Crippen LogP contribution in [0.4, 0.5) is 10.2 Å². The van der Waals surface area contributed by atoms with Crippen LogP contribution in [-0.4, -0.2) is 57.5 Å². The number of pyridine rings is 1. The normalized spacial score (nSPS) is 21.7. The average Bonchev–Trinajstić information content (AvgIpc) is 3.43. The van der Waals surface area contributed by atoms with Gasteiger partial charge in [-0.25, -0.2) is 14.2 Å². The van der Waals surface area contributed by atoms with Gasteiger partial charge in [-0.2, -0.15) is 0 Å². The van der Waals surface area contributed by atoms with Crippen LogP contribution >= 0.6 is 0 Å². The highest BCUT2D eigenvalue weighted by atomic mass is 19.1. The van der Waals surface area contributed by atoms with Crippen molar-refractivity contribution in [2.75, 3.05) is 24.6 Å². The van der Waals surface area contributed by atoms with Gasteiger partial charge in [-0.15, -0.1) is 0 Å². The molecule has 7 rings (SSSR count). The highest BCUT2D eigenvalue weighted by molar-refractivity contribution is 5.80. The Labute approximate surface area is 275 Å². The van der Waals surface area contributed by atoms with Crippen molar-refractivity contribution in [3.8, 4) is 28.1 Å². The molecule has 8 nitrogen and oxygen atoms in total. The number of fused-ring (bicyclic) bond motifs is 7. The zero-order valence-corrected chi connectivity index (χ0v) is 28.0.